The van der Waals surface area contributed by atoms with E-state index < -0.39 is 12.0 Å². The molecule has 1 aliphatic heterocycles. The van der Waals surface area contributed by atoms with Crippen molar-refractivity contribution in [1.82, 2.24) is 0 Å². The van der Waals surface area contributed by atoms with Crippen molar-refractivity contribution in [2.24, 2.45) is 10.9 Å². The van der Waals surface area contributed by atoms with Gasteiger partial charge < -0.3 is 4.90 Å². The van der Waals surface area contributed by atoms with Gasteiger partial charge in [0.05, 0.1) is 23.3 Å². The Hall–Kier alpha value is -3.53. The summed E-state index contributed by atoms with van der Waals surface area (Å²) in [4.78, 5) is 33.3. The summed E-state index contributed by atoms with van der Waals surface area (Å²) >= 11 is 0. The average molecular weight is 409 g/mol. The molecule has 1 heterocycles. The standard InChI is InChI=1S/C27H24N2O2/c1-18(30)29-24-15-9-8-14-22(24)28-23-16-21(19-10-4-2-5-11-19)17-25(31)26(23)27(29)20-12-6-3-7-13-20/h2-15,21,26-27H,16-17H2,1H3/t21-,26?,27+/m0/s1. The minimum Gasteiger partial charge on any atom is -0.302 e. The van der Waals surface area contributed by atoms with Crippen LogP contribution >= 0.6 is 0 Å². The Morgan fingerprint density at radius 1 is 0.839 bits per heavy atom. The normalized spacial score (nSPS) is 22.7. The van der Waals surface area contributed by atoms with Crippen LogP contribution in [0.2, 0.25) is 0 Å². The lowest BCUT2D eigenvalue weighted by molar-refractivity contribution is -0.123. The van der Waals surface area contributed by atoms with E-state index in [0.29, 0.717) is 12.8 Å². The SMILES string of the molecule is CC(=O)N1c2ccccc2N=C2C[C@H](c3ccccc3)CC(=O)C2[C@H]1c1ccccc1. The number of hydrogen-bond donors (Lipinski definition) is 0. The van der Waals surface area contributed by atoms with Gasteiger partial charge in [-0.2, -0.15) is 0 Å². The number of amides is 1. The molecule has 3 aromatic rings. The van der Waals surface area contributed by atoms with Gasteiger partial charge >= 0.3 is 0 Å². The first-order valence-electron chi connectivity index (χ1n) is 10.7. The third-order valence-corrected chi connectivity index (χ3v) is 6.36. The van der Waals surface area contributed by atoms with E-state index in [0.717, 1.165) is 28.2 Å². The number of carbonyl (C=O) groups excluding carboxylic acids is 2. The number of hydrogen-bond acceptors (Lipinski definition) is 3. The number of aliphatic imine (C=N–C) groups is 1. The molecule has 1 amide bonds. The molecule has 4 heteroatoms. The third-order valence-electron chi connectivity index (χ3n) is 6.36. The summed E-state index contributed by atoms with van der Waals surface area (Å²) in [5, 5.41) is 0. The van der Waals surface area contributed by atoms with Crippen LogP contribution in [0, 0.1) is 5.92 Å². The summed E-state index contributed by atoms with van der Waals surface area (Å²) in [6, 6.07) is 27.4. The van der Waals surface area contributed by atoms with E-state index in [1.165, 1.54) is 0 Å². The third kappa shape index (κ3) is 3.48. The number of para-hydroxylation sites is 2. The van der Waals surface area contributed by atoms with Crippen LogP contribution in [-0.4, -0.2) is 17.4 Å². The van der Waals surface area contributed by atoms with E-state index in [2.05, 4.69) is 12.1 Å². The van der Waals surface area contributed by atoms with Gasteiger partial charge in [0.1, 0.15) is 5.78 Å². The number of rotatable bonds is 2. The molecule has 0 bridgehead atoms. The molecule has 4 nitrogen and oxygen atoms in total. The van der Waals surface area contributed by atoms with Gasteiger partial charge in [-0.25, -0.2) is 0 Å². The van der Waals surface area contributed by atoms with Crippen molar-refractivity contribution in [3.05, 3.63) is 96.1 Å². The second-order valence-electron chi connectivity index (χ2n) is 8.30. The zero-order valence-corrected chi connectivity index (χ0v) is 17.4. The van der Waals surface area contributed by atoms with Gasteiger partial charge in [0.25, 0.3) is 0 Å². The molecule has 154 valence electrons. The molecule has 0 saturated heterocycles. The van der Waals surface area contributed by atoms with E-state index in [4.69, 9.17) is 4.99 Å². The van der Waals surface area contributed by atoms with Crippen molar-refractivity contribution in [3.63, 3.8) is 0 Å². The Kier molecular flexibility index (Phi) is 4.99. The van der Waals surface area contributed by atoms with Crippen molar-refractivity contribution in [2.45, 2.75) is 31.7 Å². The van der Waals surface area contributed by atoms with Gasteiger partial charge in [-0.3, -0.25) is 14.6 Å². The second kappa shape index (κ2) is 7.95. The van der Waals surface area contributed by atoms with Gasteiger partial charge in [0.2, 0.25) is 5.91 Å². The van der Waals surface area contributed by atoms with Gasteiger partial charge in [-0.15, -0.1) is 0 Å². The average Bonchev–Trinajstić information content (AvgIpc) is 2.95. The van der Waals surface area contributed by atoms with Crippen molar-refractivity contribution in [1.29, 1.82) is 0 Å². The minimum atomic E-state index is -0.446. The molecular weight excluding hydrogens is 384 g/mol. The molecule has 3 aromatic carbocycles. The highest BCUT2D eigenvalue weighted by Crippen LogP contribution is 2.47. The topological polar surface area (TPSA) is 49.7 Å². The van der Waals surface area contributed by atoms with Crippen molar-refractivity contribution < 1.29 is 9.59 Å². The molecule has 1 fully saturated rings. The molecule has 0 spiro atoms. The summed E-state index contributed by atoms with van der Waals surface area (Å²) in [5.41, 5.74) is 4.50. The molecule has 0 aromatic heterocycles. The van der Waals surface area contributed by atoms with Gasteiger partial charge in [0, 0.05) is 19.1 Å². The van der Waals surface area contributed by atoms with Crippen LogP contribution in [0.25, 0.3) is 0 Å². The lowest BCUT2D eigenvalue weighted by Gasteiger charge is -2.38. The fourth-order valence-electron chi connectivity index (χ4n) is 5.01. The number of carbonyl (C=O) groups is 2. The van der Waals surface area contributed by atoms with E-state index >= 15 is 0 Å². The van der Waals surface area contributed by atoms with Crippen molar-refractivity contribution >= 4 is 28.8 Å². The maximum atomic E-state index is 13.6. The van der Waals surface area contributed by atoms with Crippen LogP contribution in [0.3, 0.4) is 0 Å². The van der Waals surface area contributed by atoms with Gasteiger partial charge in [0.15, 0.2) is 0 Å². The smallest absolute Gasteiger partial charge is 0.224 e. The fourth-order valence-corrected chi connectivity index (χ4v) is 5.01. The highest BCUT2D eigenvalue weighted by atomic mass is 16.2. The maximum absolute atomic E-state index is 13.6. The molecule has 1 saturated carbocycles. The lowest BCUT2D eigenvalue weighted by Crippen LogP contribution is -2.45. The fraction of sp³-hybridized carbons (Fsp3) is 0.222. The lowest BCUT2D eigenvalue weighted by atomic mass is 9.72. The Bertz CT molecular complexity index is 1150. The molecule has 31 heavy (non-hydrogen) atoms. The summed E-state index contributed by atoms with van der Waals surface area (Å²) in [6.07, 6.45) is 1.17. The highest BCUT2D eigenvalue weighted by molar-refractivity contribution is 6.13. The predicted molar refractivity (Wildman–Crippen MR) is 123 cm³/mol. The molecular formula is C27H24N2O2. The first kappa shape index (κ1) is 19.4. The summed E-state index contributed by atoms with van der Waals surface area (Å²) in [7, 11) is 0. The molecule has 5 rings (SSSR count). The van der Waals surface area contributed by atoms with Gasteiger partial charge in [-0.05, 0) is 35.6 Å². The van der Waals surface area contributed by atoms with E-state index in [-0.39, 0.29) is 17.6 Å². The largest absolute Gasteiger partial charge is 0.302 e. The summed E-state index contributed by atoms with van der Waals surface area (Å²) in [5.74, 6) is -0.280. The van der Waals surface area contributed by atoms with Crippen LogP contribution in [0.1, 0.15) is 42.9 Å². The molecule has 0 N–H and O–H groups in total. The summed E-state index contributed by atoms with van der Waals surface area (Å²) < 4.78 is 0. The van der Waals surface area contributed by atoms with Crippen LogP contribution in [0.15, 0.2) is 89.9 Å². The van der Waals surface area contributed by atoms with E-state index in [1.54, 1.807) is 11.8 Å². The quantitative estimate of drug-likeness (QED) is 0.552. The van der Waals surface area contributed by atoms with E-state index in [1.807, 2.05) is 72.8 Å². The Labute approximate surface area is 182 Å². The molecule has 2 aliphatic rings. The number of anilines is 1. The highest BCUT2D eigenvalue weighted by Gasteiger charge is 2.45. The number of Topliss-reactive ketones (excluding diaryl/α,β-unsaturated/α-hetero) is 1. The monoisotopic (exact) mass is 408 g/mol. The van der Waals surface area contributed by atoms with E-state index in [9.17, 15) is 9.59 Å². The maximum Gasteiger partial charge on any atom is 0.224 e. The second-order valence-corrected chi connectivity index (χ2v) is 8.30. The van der Waals surface area contributed by atoms with Crippen LogP contribution < -0.4 is 4.90 Å². The number of ketones is 1. The predicted octanol–water partition coefficient (Wildman–Crippen LogP) is 5.63. The zero-order chi connectivity index (χ0) is 21.4. The Morgan fingerprint density at radius 3 is 2.13 bits per heavy atom. The zero-order valence-electron chi connectivity index (χ0n) is 17.4. The molecule has 1 unspecified atom stereocenters. The van der Waals surface area contributed by atoms with Crippen molar-refractivity contribution in [2.75, 3.05) is 4.90 Å². The van der Waals surface area contributed by atoms with Crippen LogP contribution in [0.5, 0.6) is 0 Å². The van der Waals surface area contributed by atoms with Crippen LogP contribution in [0.4, 0.5) is 11.4 Å². The van der Waals surface area contributed by atoms with Crippen LogP contribution in [-0.2, 0) is 9.59 Å². The number of benzene rings is 3. The van der Waals surface area contributed by atoms with Gasteiger partial charge in [-0.1, -0.05) is 72.8 Å². The number of nitrogens with zero attached hydrogens (tertiary/aromatic N) is 2. The Morgan fingerprint density at radius 2 is 1.45 bits per heavy atom. The number of fused-ring (bicyclic) bond motifs is 2. The summed E-state index contributed by atoms with van der Waals surface area (Å²) in [6.45, 7) is 1.57. The molecule has 0 radical (unpaired) electrons. The Balaban J connectivity index is 1.68. The molecule has 1 aliphatic carbocycles. The first-order chi connectivity index (χ1) is 15.1. The van der Waals surface area contributed by atoms with Crippen molar-refractivity contribution in [3.8, 4) is 0 Å². The first-order valence-corrected chi connectivity index (χ1v) is 10.7. The molecule has 3 atom stereocenters. The minimum absolute atomic E-state index is 0.0873.